The van der Waals surface area contributed by atoms with Gasteiger partial charge in [-0.05, 0) is 98.8 Å². The van der Waals surface area contributed by atoms with E-state index in [0.29, 0.717) is 0 Å². The summed E-state index contributed by atoms with van der Waals surface area (Å²) < 4.78 is 6.18. The molecule has 0 atom stereocenters. The lowest BCUT2D eigenvalue weighted by molar-refractivity contribution is 0.631. The minimum Gasteiger partial charge on any atom is -0.456 e. The maximum absolute atomic E-state index is 6.18. The van der Waals surface area contributed by atoms with Gasteiger partial charge in [0.05, 0.1) is 0 Å². The second kappa shape index (κ2) is 12.8. The van der Waals surface area contributed by atoms with E-state index in [0.717, 1.165) is 50.5 Å². The molecule has 0 bridgehead atoms. The molecule has 0 aliphatic rings. The highest BCUT2D eigenvalue weighted by Gasteiger charge is 2.15. The lowest BCUT2D eigenvalue weighted by Gasteiger charge is -2.26. The Bertz CT molecular complexity index is 2550. The molecule has 8 aromatic carbocycles. The zero-order valence-corrected chi connectivity index (χ0v) is 27.4. The number of anilines is 3. The monoisotopic (exact) mass is 639 g/mol. The number of hydrogen-bond acceptors (Lipinski definition) is 2. The van der Waals surface area contributed by atoms with Gasteiger partial charge in [0.15, 0.2) is 0 Å². The van der Waals surface area contributed by atoms with Crippen molar-refractivity contribution in [1.29, 1.82) is 0 Å². The fourth-order valence-electron chi connectivity index (χ4n) is 6.94. The molecular weight excluding hydrogens is 607 g/mol. The number of hydrogen-bond donors (Lipinski definition) is 0. The zero-order chi connectivity index (χ0) is 33.3. The van der Waals surface area contributed by atoms with Crippen molar-refractivity contribution in [3.63, 3.8) is 0 Å². The second-order valence-corrected chi connectivity index (χ2v) is 12.6. The van der Waals surface area contributed by atoms with Gasteiger partial charge in [-0.2, -0.15) is 0 Å². The molecule has 0 radical (unpaired) electrons. The summed E-state index contributed by atoms with van der Waals surface area (Å²) in [5, 5.41) is 3.55. The van der Waals surface area contributed by atoms with E-state index in [4.69, 9.17) is 4.42 Å². The summed E-state index contributed by atoms with van der Waals surface area (Å²) in [5.74, 6) is 0.877. The molecule has 9 aromatic rings. The Morgan fingerprint density at radius 2 is 0.840 bits per heavy atom. The molecule has 0 saturated carbocycles. The van der Waals surface area contributed by atoms with Crippen LogP contribution in [0.2, 0.25) is 0 Å². The van der Waals surface area contributed by atoms with E-state index in [-0.39, 0.29) is 0 Å². The van der Waals surface area contributed by atoms with E-state index < -0.39 is 0 Å². The van der Waals surface area contributed by atoms with Crippen molar-refractivity contribution in [2.45, 2.75) is 0 Å². The molecule has 0 aliphatic carbocycles. The van der Waals surface area contributed by atoms with Gasteiger partial charge in [-0.15, -0.1) is 0 Å². The Kier molecular flexibility index (Phi) is 7.53. The Morgan fingerprint density at radius 1 is 0.300 bits per heavy atom. The third kappa shape index (κ3) is 5.63. The van der Waals surface area contributed by atoms with E-state index >= 15 is 0 Å². The van der Waals surface area contributed by atoms with E-state index in [1.807, 2.05) is 18.2 Å². The Labute approximate surface area is 292 Å². The summed E-state index contributed by atoms with van der Waals surface area (Å²) in [6.07, 6.45) is 0. The highest BCUT2D eigenvalue weighted by atomic mass is 16.3. The largest absolute Gasteiger partial charge is 0.456 e. The molecule has 236 valence electrons. The standard InChI is InChI=1S/C48H33NO/c1-2-12-36(13-3-1)45-18-7-8-19-46(45)37-24-28-43(29-25-37)49(44-30-23-34-11-4-5-14-39(34)32-44)42-26-21-35(22-27-42)38-16-10-17-40(31-38)48-33-41-15-6-9-20-47(41)50-48/h1-33H. The van der Waals surface area contributed by atoms with Crippen LogP contribution in [-0.4, -0.2) is 0 Å². The van der Waals surface area contributed by atoms with Crippen LogP contribution in [-0.2, 0) is 0 Å². The highest BCUT2D eigenvalue weighted by molar-refractivity contribution is 5.91. The number of para-hydroxylation sites is 1. The molecule has 0 fully saturated rings. The predicted molar refractivity (Wildman–Crippen MR) is 210 cm³/mol. The van der Waals surface area contributed by atoms with Gasteiger partial charge in [-0.3, -0.25) is 0 Å². The van der Waals surface area contributed by atoms with E-state index in [2.05, 4.69) is 187 Å². The first kappa shape index (κ1) is 29.5. The van der Waals surface area contributed by atoms with Crippen molar-refractivity contribution < 1.29 is 4.42 Å². The molecule has 1 heterocycles. The van der Waals surface area contributed by atoms with Crippen molar-refractivity contribution in [2.24, 2.45) is 0 Å². The van der Waals surface area contributed by atoms with Crippen LogP contribution in [0, 0.1) is 0 Å². The first-order chi connectivity index (χ1) is 24.8. The lowest BCUT2D eigenvalue weighted by atomic mass is 9.94. The number of rotatable bonds is 7. The molecular formula is C48H33NO. The average Bonchev–Trinajstić information content (AvgIpc) is 3.64. The van der Waals surface area contributed by atoms with Gasteiger partial charge in [0.25, 0.3) is 0 Å². The molecule has 1 aromatic heterocycles. The van der Waals surface area contributed by atoms with Gasteiger partial charge in [-0.1, -0.05) is 146 Å². The van der Waals surface area contributed by atoms with Crippen LogP contribution < -0.4 is 4.90 Å². The molecule has 0 N–H and O–H groups in total. The molecule has 2 nitrogen and oxygen atoms in total. The summed E-state index contributed by atoms with van der Waals surface area (Å²) in [7, 11) is 0. The highest BCUT2D eigenvalue weighted by Crippen LogP contribution is 2.40. The Hall–Kier alpha value is -6.64. The van der Waals surface area contributed by atoms with Crippen molar-refractivity contribution >= 4 is 38.8 Å². The topological polar surface area (TPSA) is 16.4 Å². The van der Waals surface area contributed by atoms with E-state index in [9.17, 15) is 0 Å². The molecule has 50 heavy (non-hydrogen) atoms. The normalized spacial score (nSPS) is 11.2. The number of benzene rings is 8. The SMILES string of the molecule is c1ccc(-c2ccccc2-c2ccc(N(c3ccc(-c4cccc(-c5cc6ccccc6o5)c4)cc3)c3ccc4ccccc4c3)cc2)cc1. The first-order valence-electron chi connectivity index (χ1n) is 17.0. The summed E-state index contributed by atoms with van der Waals surface area (Å²) in [6, 6.07) is 71.1. The van der Waals surface area contributed by atoms with Gasteiger partial charge in [0.2, 0.25) is 0 Å². The van der Waals surface area contributed by atoms with Crippen LogP contribution in [0.3, 0.4) is 0 Å². The van der Waals surface area contributed by atoms with Gasteiger partial charge in [0, 0.05) is 28.0 Å². The van der Waals surface area contributed by atoms with Gasteiger partial charge >= 0.3 is 0 Å². The summed E-state index contributed by atoms with van der Waals surface area (Å²) in [4.78, 5) is 2.34. The van der Waals surface area contributed by atoms with E-state index in [1.165, 1.54) is 33.0 Å². The zero-order valence-electron chi connectivity index (χ0n) is 27.4. The predicted octanol–water partition coefficient (Wildman–Crippen LogP) is 13.7. The molecule has 0 saturated heterocycles. The van der Waals surface area contributed by atoms with Crippen molar-refractivity contribution in [3.05, 3.63) is 200 Å². The summed E-state index contributed by atoms with van der Waals surface area (Å²) in [5.41, 5.74) is 12.4. The first-order valence-corrected chi connectivity index (χ1v) is 17.0. The minimum atomic E-state index is 0.877. The van der Waals surface area contributed by atoms with Crippen LogP contribution in [0.4, 0.5) is 17.1 Å². The Balaban J connectivity index is 1.09. The van der Waals surface area contributed by atoms with Crippen LogP contribution in [0.15, 0.2) is 205 Å². The number of furan rings is 1. The van der Waals surface area contributed by atoms with Crippen LogP contribution in [0.1, 0.15) is 0 Å². The van der Waals surface area contributed by atoms with Crippen LogP contribution >= 0.6 is 0 Å². The lowest BCUT2D eigenvalue weighted by Crippen LogP contribution is -2.09. The van der Waals surface area contributed by atoms with Gasteiger partial charge < -0.3 is 9.32 Å². The van der Waals surface area contributed by atoms with Gasteiger partial charge in [-0.25, -0.2) is 0 Å². The quantitative estimate of drug-likeness (QED) is 0.173. The van der Waals surface area contributed by atoms with E-state index in [1.54, 1.807) is 0 Å². The number of fused-ring (bicyclic) bond motifs is 2. The maximum Gasteiger partial charge on any atom is 0.135 e. The average molecular weight is 640 g/mol. The fraction of sp³-hybridized carbons (Fsp3) is 0. The van der Waals surface area contributed by atoms with Crippen molar-refractivity contribution in [3.8, 4) is 44.7 Å². The van der Waals surface area contributed by atoms with Crippen LogP contribution in [0.5, 0.6) is 0 Å². The second-order valence-electron chi connectivity index (χ2n) is 12.6. The van der Waals surface area contributed by atoms with Crippen LogP contribution in [0.25, 0.3) is 66.4 Å². The molecule has 0 spiro atoms. The Morgan fingerprint density at radius 3 is 1.56 bits per heavy atom. The van der Waals surface area contributed by atoms with Crippen molar-refractivity contribution in [1.82, 2.24) is 0 Å². The molecule has 2 heteroatoms. The third-order valence-electron chi connectivity index (χ3n) is 9.47. The fourth-order valence-corrected chi connectivity index (χ4v) is 6.94. The summed E-state index contributed by atoms with van der Waals surface area (Å²) in [6.45, 7) is 0. The molecule has 9 rings (SSSR count). The minimum absolute atomic E-state index is 0.877. The maximum atomic E-state index is 6.18. The summed E-state index contributed by atoms with van der Waals surface area (Å²) >= 11 is 0. The van der Waals surface area contributed by atoms with Crippen molar-refractivity contribution in [2.75, 3.05) is 4.90 Å². The molecule has 0 aliphatic heterocycles. The smallest absolute Gasteiger partial charge is 0.135 e. The third-order valence-corrected chi connectivity index (χ3v) is 9.47. The molecule has 0 amide bonds. The number of nitrogens with zero attached hydrogens (tertiary/aromatic N) is 1. The van der Waals surface area contributed by atoms with Gasteiger partial charge in [0.1, 0.15) is 11.3 Å². The molecule has 0 unspecified atom stereocenters.